The van der Waals surface area contributed by atoms with Crippen molar-refractivity contribution in [2.24, 2.45) is 5.92 Å². The predicted molar refractivity (Wildman–Crippen MR) is 114 cm³/mol. The standard InChI is InChI=1S/C23H28N4O2/c1-16-6-10-27(11-7-16)23-24-20-14-26(9-8-19(20)22(28)25-23)13-17-12-18-4-2-3-5-21(18)29-15-17/h2-5,12,16H,6-11,13-15H2,1H3,(H,24,25,28). The highest BCUT2D eigenvalue weighted by molar-refractivity contribution is 5.62. The second-order valence-electron chi connectivity index (χ2n) is 8.57. The summed E-state index contributed by atoms with van der Waals surface area (Å²) in [6.07, 6.45) is 5.30. The largest absolute Gasteiger partial charge is 0.489 e. The van der Waals surface area contributed by atoms with E-state index in [1.807, 2.05) is 18.2 Å². The molecule has 1 saturated heterocycles. The number of nitrogens with zero attached hydrogens (tertiary/aromatic N) is 3. The van der Waals surface area contributed by atoms with E-state index in [-0.39, 0.29) is 5.56 Å². The van der Waals surface area contributed by atoms with E-state index in [9.17, 15) is 4.79 Å². The summed E-state index contributed by atoms with van der Waals surface area (Å²) in [6, 6.07) is 8.15. The first-order chi connectivity index (χ1) is 14.2. The van der Waals surface area contributed by atoms with Crippen molar-refractivity contribution in [3.8, 4) is 5.75 Å². The highest BCUT2D eigenvalue weighted by atomic mass is 16.5. The fourth-order valence-corrected chi connectivity index (χ4v) is 4.53. The molecule has 0 radical (unpaired) electrons. The van der Waals surface area contributed by atoms with E-state index in [1.54, 1.807) is 0 Å². The van der Waals surface area contributed by atoms with E-state index in [4.69, 9.17) is 9.72 Å². The zero-order valence-electron chi connectivity index (χ0n) is 17.0. The summed E-state index contributed by atoms with van der Waals surface area (Å²) in [6.45, 7) is 7.29. The van der Waals surface area contributed by atoms with Crippen LogP contribution in [0.4, 0.5) is 5.95 Å². The van der Waals surface area contributed by atoms with Crippen LogP contribution in [0.5, 0.6) is 5.75 Å². The summed E-state index contributed by atoms with van der Waals surface area (Å²) in [7, 11) is 0. The zero-order valence-corrected chi connectivity index (χ0v) is 17.0. The lowest BCUT2D eigenvalue weighted by Gasteiger charge is -2.33. The molecule has 1 N–H and O–H groups in total. The molecule has 1 fully saturated rings. The molecular formula is C23H28N4O2. The maximum Gasteiger partial charge on any atom is 0.255 e. The molecule has 5 rings (SSSR count). The Morgan fingerprint density at radius 1 is 1.21 bits per heavy atom. The number of para-hydroxylation sites is 1. The Balaban J connectivity index is 1.33. The van der Waals surface area contributed by atoms with Gasteiger partial charge in [-0.15, -0.1) is 0 Å². The molecule has 1 aromatic heterocycles. The average molecular weight is 393 g/mol. The van der Waals surface area contributed by atoms with Crippen molar-refractivity contribution < 1.29 is 4.74 Å². The van der Waals surface area contributed by atoms with Gasteiger partial charge < -0.3 is 9.64 Å². The smallest absolute Gasteiger partial charge is 0.255 e. The Hall–Kier alpha value is -2.60. The summed E-state index contributed by atoms with van der Waals surface area (Å²) in [4.78, 5) is 25.2. The third-order valence-electron chi connectivity index (χ3n) is 6.34. The number of aromatic nitrogens is 2. The van der Waals surface area contributed by atoms with Crippen LogP contribution in [0, 0.1) is 5.92 Å². The first kappa shape index (κ1) is 18.4. The van der Waals surface area contributed by atoms with Gasteiger partial charge in [0.15, 0.2) is 0 Å². The van der Waals surface area contributed by atoms with Gasteiger partial charge in [0.25, 0.3) is 5.56 Å². The Bertz CT molecular complexity index is 989. The van der Waals surface area contributed by atoms with Crippen molar-refractivity contribution >= 4 is 12.0 Å². The fraction of sp³-hybridized carbons (Fsp3) is 0.478. The van der Waals surface area contributed by atoms with E-state index in [0.29, 0.717) is 6.61 Å². The molecule has 152 valence electrons. The minimum Gasteiger partial charge on any atom is -0.489 e. The number of hydrogen-bond acceptors (Lipinski definition) is 5. The summed E-state index contributed by atoms with van der Waals surface area (Å²) in [5.41, 5.74) is 4.24. The van der Waals surface area contributed by atoms with Crippen LogP contribution in [0.1, 0.15) is 36.6 Å². The zero-order chi connectivity index (χ0) is 19.8. The van der Waals surface area contributed by atoms with Crippen LogP contribution in [0.2, 0.25) is 0 Å². The molecule has 4 heterocycles. The number of ether oxygens (including phenoxy) is 1. The molecule has 6 nitrogen and oxygen atoms in total. The molecule has 3 aliphatic heterocycles. The number of piperidine rings is 1. The third kappa shape index (κ3) is 3.81. The minimum atomic E-state index is 0.0393. The van der Waals surface area contributed by atoms with Crippen molar-refractivity contribution in [2.75, 3.05) is 37.7 Å². The molecule has 1 aromatic carbocycles. The van der Waals surface area contributed by atoms with E-state index < -0.39 is 0 Å². The topological polar surface area (TPSA) is 61.5 Å². The summed E-state index contributed by atoms with van der Waals surface area (Å²) >= 11 is 0. The lowest BCUT2D eigenvalue weighted by Crippen LogP contribution is -2.40. The molecule has 6 heteroatoms. The highest BCUT2D eigenvalue weighted by Gasteiger charge is 2.25. The summed E-state index contributed by atoms with van der Waals surface area (Å²) in [5, 5.41) is 0. The van der Waals surface area contributed by atoms with Gasteiger partial charge in [0.1, 0.15) is 12.4 Å². The van der Waals surface area contributed by atoms with E-state index in [2.05, 4.69) is 33.8 Å². The summed E-state index contributed by atoms with van der Waals surface area (Å²) in [5.74, 6) is 2.45. The van der Waals surface area contributed by atoms with Gasteiger partial charge in [0, 0.05) is 43.9 Å². The van der Waals surface area contributed by atoms with Gasteiger partial charge in [-0.3, -0.25) is 14.7 Å². The monoisotopic (exact) mass is 392 g/mol. The molecule has 29 heavy (non-hydrogen) atoms. The Morgan fingerprint density at radius 2 is 2.03 bits per heavy atom. The lowest BCUT2D eigenvalue weighted by atomic mass is 9.99. The van der Waals surface area contributed by atoms with E-state index in [0.717, 1.165) is 86.4 Å². The highest BCUT2D eigenvalue weighted by Crippen LogP contribution is 2.27. The normalized spacial score (nSPS) is 19.9. The van der Waals surface area contributed by atoms with E-state index in [1.165, 1.54) is 5.57 Å². The number of anilines is 1. The van der Waals surface area contributed by atoms with Crippen molar-refractivity contribution in [3.63, 3.8) is 0 Å². The Kier molecular flexibility index (Phi) is 4.87. The molecule has 0 bridgehead atoms. The van der Waals surface area contributed by atoms with Crippen molar-refractivity contribution in [2.45, 2.75) is 32.7 Å². The third-order valence-corrected chi connectivity index (χ3v) is 6.34. The van der Waals surface area contributed by atoms with Gasteiger partial charge in [-0.05, 0) is 42.9 Å². The van der Waals surface area contributed by atoms with Gasteiger partial charge in [0.05, 0.1) is 5.69 Å². The molecule has 3 aliphatic rings. The first-order valence-corrected chi connectivity index (χ1v) is 10.7. The molecule has 2 aromatic rings. The number of aromatic amines is 1. The van der Waals surface area contributed by atoms with Gasteiger partial charge in [-0.1, -0.05) is 25.1 Å². The second kappa shape index (κ2) is 7.67. The van der Waals surface area contributed by atoms with Crippen LogP contribution in [0.25, 0.3) is 6.08 Å². The Morgan fingerprint density at radius 3 is 2.90 bits per heavy atom. The maximum absolute atomic E-state index is 12.7. The van der Waals surface area contributed by atoms with Crippen LogP contribution >= 0.6 is 0 Å². The van der Waals surface area contributed by atoms with Crippen molar-refractivity contribution in [1.29, 1.82) is 0 Å². The van der Waals surface area contributed by atoms with Crippen LogP contribution in [-0.4, -0.2) is 47.7 Å². The SMILES string of the molecule is CC1CCN(c2nc3c(c(=O)[nH]2)CCN(CC2=Cc4ccccc4OC2)C3)CC1. The number of H-pyrrole nitrogens is 1. The molecule has 0 amide bonds. The lowest BCUT2D eigenvalue weighted by molar-refractivity contribution is 0.253. The van der Waals surface area contributed by atoms with Crippen LogP contribution in [0.15, 0.2) is 34.6 Å². The van der Waals surface area contributed by atoms with E-state index >= 15 is 0 Å². The van der Waals surface area contributed by atoms with Crippen LogP contribution in [0.3, 0.4) is 0 Å². The second-order valence-corrected chi connectivity index (χ2v) is 8.57. The summed E-state index contributed by atoms with van der Waals surface area (Å²) < 4.78 is 5.90. The number of fused-ring (bicyclic) bond motifs is 2. The van der Waals surface area contributed by atoms with Gasteiger partial charge in [-0.2, -0.15) is 0 Å². The number of rotatable bonds is 3. The first-order valence-electron chi connectivity index (χ1n) is 10.7. The predicted octanol–water partition coefficient (Wildman–Crippen LogP) is 2.84. The van der Waals surface area contributed by atoms with Gasteiger partial charge >= 0.3 is 0 Å². The van der Waals surface area contributed by atoms with Crippen molar-refractivity contribution in [3.05, 3.63) is 57.0 Å². The number of benzene rings is 1. The maximum atomic E-state index is 12.7. The molecule has 0 aliphatic carbocycles. The molecule has 0 atom stereocenters. The number of nitrogens with one attached hydrogen (secondary N) is 1. The number of hydrogen-bond donors (Lipinski definition) is 1. The molecule has 0 spiro atoms. The van der Waals surface area contributed by atoms with Gasteiger partial charge in [0.2, 0.25) is 5.95 Å². The fourth-order valence-electron chi connectivity index (χ4n) is 4.53. The Labute approximate surface area is 171 Å². The minimum absolute atomic E-state index is 0.0393. The quantitative estimate of drug-likeness (QED) is 0.870. The average Bonchev–Trinajstić information content (AvgIpc) is 2.74. The molecule has 0 unspecified atom stereocenters. The van der Waals surface area contributed by atoms with Crippen LogP contribution in [-0.2, 0) is 13.0 Å². The molecular weight excluding hydrogens is 364 g/mol. The van der Waals surface area contributed by atoms with Gasteiger partial charge in [-0.25, -0.2) is 4.98 Å². The van der Waals surface area contributed by atoms with Crippen molar-refractivity contribution in [1.82, 2.24) is 14.9 Å². The molecule has 0 saturated carbocycles. The van der Waals surface area contributed by atoms with Crippen LogP contribution < -0.4 is 15.2 Å².